The van der Waals surface area contributed by atoms with Crippen LogP contribution in [0.4, 0.5) is 10.1 Å². The van der Waals surface area contributed by atoms with Crippen LogP contribution in [-0.2, 0) is 0 Å². The quantitative estimate of drug-likeness (QED) is 0.616. The van der Waals surface area contributed by atoms with Crippen molar-refractivity contribution in [2.75, 3.05) is 18.2 Å². The van der Waals surface area contributed by atoms with Gasteiger partial charge in [-0.15, -0.1) is 11.8 Å². The third kappa shape index (κ3) is 2.73. The van der Waals surface area contributed by atoms with E-state index in [2.05, 4.69) is 9.88 Å². The van der Waals surface area contributed by atoms with Crippen molar-refractivity contribution >= 4 is 23.7 Å². The summed E-state index contributed by atoms with van der Waals surface area (Å²) in [6.07, 6.45) is 4.96. The van der Waals surface area contributed by atoms with Crippen molar-refractivity contribution in [1.29, 1.82) is 0 Å². The molecular weight excluding hydrogens is 299 g/mol. The fourth-order valence-corrected chi connectivity index (χ4v) is 2.96. The molecule has 0 radical (unpaired) electrons. The van der Waals surface area contributed by atoms with E-state index in [4.69, 9.17) is 0 Å². The maximum Gasteiger partial charge on any atom is 0.154 e. The van der Waals surface area contributed by atoms with Crippen molar-refractivity contribution in [3.05, 3.63) is 41.7 Å². The summed E-state index contributed by atoms with van der Waals surface area (Å²) >= 11 is 1.49. The normalized spacial score (nSPS) is 14.0. The summed E-state index contributed by atoms with van der Waals surface area (Å²) in [5.74, 6) is -0.364. The van der Waals surface area contributed by atoms with E-state index in [9.17, 15) is 9.18 Å². The standard InChI is InChI=1S/C17H17FN2OS/c1-20(11-7-8-11)15-9-16(22-2)19-17(13(15)10-21)12-5-3-4-6-14(12)18/h3-6,9-11H,7-8H2,1-2H3. The molecule has 1 fully saturated rings. The van der Waals surface area contributed by atoms with Crippen molar-refractivity contribution in [2.24, 2.45) is 0 Å². The highest BCUT2D eigenvalue weighted by molar-refractivity contribution is 7.98. The number of aldehydes is 1. The zero-order chi connectivity index (χ0) is 15.7. The van der Waals surface area contributed by atoms with E-state index in [1.807, 2.05) is 19.4 Å². The Morgan fingerprint density at radius 1 is 1.36 bits per heavy atom. The molecule has 0 unspecified atom stereocenters. The molecule has 0 amide bonds. The van der Waals surface area contributed by atoms with Crippen LogP contribution in [0.3, 0.4) is 0 Å². The van der Waals surface area contributed by atoms with E-state index in [1.54, 1.807) is 18.2 Å². The molecular formula is C17H17FN2OS. The maximum atomic E-state index is 14.2. The molecule has 3 rings (SSSR count). The number of thioether (sulfide) groups is 1. The molecule has 0 aliphatic heterocycles. The number of aromatic nitrogens is 1. The van der Waals surface area contributed by atoms with E-state index in [0.717, 1.165) is 29.8 Å². The second-order valence-electron chi connectivity index (χ2n) is 5.39. The first-order valence-electron chi connectivity index (χ1n) is 7.17. The minimum absolute atomic E-state index is 0.364. The number of benzene rings is 1. The third-order valence-electron chi connectivity index (χ3n) is 3.94. The molecule has 1 aromatic carbocycles. The number of hydrogen-bond acceptors (Lipinski definition) is 4. The van der Waals surface area contributed by atoms with Gasteiger partial charge in [0.15, 0.2) is 6.29 Å². The van der Waals surface area contributed by atoms with Gasteiger partial charge in [-0.1, -0.05) is 12.1 Å². The molecule has 1 aromatic heterocycles. The largest absolute Gasteiger partial charge is 0.371 e. The van der Waals surface area contributed by atoms with Crippen LogP contribution in [0.5, 0.6) is 0 Å². The minimum atomic E-state index is -0.364. The molecule has 0 atom stereocenters. The summed E-state index contributed by atoms with van der Waals surface area (Å²) in [5, 5.41) is 0.784. The summed E-state index contributed by atoms with van der Waals surface area (Å²) in [6, 6.07) is 8.82. The molecule has 22 heavy (non-hydrogen) atoms. The van der Waals surface area contributed by atoms with Gasteiger partial charge in [-0.2, -0.15) is 0 Å². The van der Waals surface area contributed by atoms with Crippen molar-refractivity contribution in [3.63, 3.8) is 0 Å². The SMILES string of the molecule is CSc1cc(N(C)C2CC2)c(C=O)c(-c2ccccc2F)n1. The third-order valence-corrected chi connectivity index (χ3v) is 4.57. The van der Waals surface area contributed by atoms with E-state index in [-0.39, 0.29) is 5.82 Å². The highest BCUT2D eigenvalue weighted by Crippen LogP contribution is 2.37. The highest BCUT2D eigenvalue weighted by atomic mass is 32.2. The lowest BCUT2D eigenvalue weighted by atomic mass is 10.0. The summed E-state index contributed by atoms with van der Waals surface area (Å²) in [5.41, 5.74) is 2.07. The Balaban J connectivity index is 2.22. The summed E-state index contributed by atoms with van der Waals surface area (Å²) in [4.78, 5) is 18.3. The number of anilines is 1. The predicted molar refractivity (Wildman–Crippen MR) is 88.2 cm³/mol. The Kier molecular flexibility index (Phi) is 4.16. The molecule has 0 N–H and O–H groups in total. The van der Waals surface area contributed by atoms with E-state index >= 15 is 0 Å². The second-order valence-corrected chi connectivity index (χ2v) is 6.21. The van der Waals surface area contributed by atoms with Crippen molar-refractivity contribution < 1.29 is 9.18 Å². The van der Waals surface area contributed by atoms with Crippen LogP contribution >= 0.6 is 11.8 Å². The zero-order valence-corrected chi connectivity index (χ0v) is 13.4. The van der Waals surface area contributed by atoms with Crippen molar-refractivity contribution in [3.8, 4) is 11.3 Å². The van der Waals surface area contributed by atoms with Crippen LogP contribution in [0.2, 0.25) is 0 Å². The van der Waals surface area contributed by atoms with Crippen molar-refractivity contribution in [2.45, 2.75) is 23.9 Å². The number of carbonyl (C=O) groups excluding carboxylic acids is 1. The molecule has 0 bridgehead atoms. The van der Waals surface area contributed by atoms with Gasteiger partial charge in [-0.05, 0) is 37.3 Å². The molecule has 3 nitrogen and oxygen atoms in total. The van der Waals surface area contributed by atoms with E-state index in [0.29, 0.717) is 22.9 Å². The number of nitrogens with zero attached hydrogens (tertiary/aromatic N) is 2. The Labute approximate surface area is 133 Å². The Morgan fingerprint density at radius 3 is 2.68 bits per heavy atom. The summed E-state index contributed by atoms with van der Waals surface area (Å²) in [7, 11) is 1.98. The lowest BCUT2D eigenvalue weighted by Crippen LogP contribution is -2.21. The van der Waals surface area contributed by atoms with Crippen LogP contribution in [-0.4, -0.2) is 30.6 Å². The molecule has 1 aliphatic carbocycles. The monoisotopic (exact) mass is 316 g/mol. The summed E-state index contributed by atoms with van der Waals surface area (Å²) < 4.78 is 14.2. The van der Waals surface area contributed by atoms with Gasteiger partial charge in [-0.25, -0.2) is 9.37 Å². The number of pyridine rings is 1. The average molecular weight is 316 g/mol. The first kappa shape index (κ1) is 15.0. The molecule has 1 saturated carbocycles. The van der Waals surface area contributed by atoms with Crippen LogP contribution in [0.15, 0.2) is 35.4 Å². The zero-order valence-electron chi connectivity index (χ0n) is 12.5. The van der Waals surface area contributed by atoms with E-state index in [1.165, 1.54) is 17.8 Å². The number of hydrogen-bond donors (Lipinski definition) is 0. The van der Waals surface area contributed by atoms with Gasteiger partial charge in [0.1, 0.15) is 5.82 Å². The highest BCUT2D eigenvalue weighted by Gasteiger charge is 2.29. The van der Waals surface area contributed by atoms with Gasteiger partial charge in [-0.3, -0.25) is 4.79 Å². The van der Waals surface area contributed by atoms with E-state index < -0.39 is 0 Å². The van der Waals surface area contributed by atoms with Crippen molar-refractivity contribution in [1.82, 2.24) is 4.98 Å². The van der Waals surface area contributed by atoms with Gasteiger partial charge >= 0.3 is 0 Å². The van der Waals surface area contributed by atoms with Gasteiger partial charge in [0.05, 0.1) is 22.0 Å². The second kappa shape index (κ2) is 6.08. The minimum Gasteiger partial charge on any atom is -0.371 e. The molecule has 2 aromatic rings. The molecule has 0 spiro atoms. The van der Waals surface area contributed by atoms with Gasteiger partial charge in [0.2, 0.25) is 0 Å². The van der Waals surface area contributed by atoms with Crippen LogP contribution in [0.25, 0.3) is 11.3 Å². The van der Waals surface area contributed by atoms with Gasteiger partial charge < -0.3 is 4.90 Å². The Bertz CT molecular complexity index is 716. The summed E-state index contributed by atoms with van der Waals surface area (Å²) in [6.45, 7) is 0. The predicted octanol–water partition coefficient (Wildman–Crippen LogP) is 4.02. The maximum absolute atomic E-state index is 14.2. The lowest BCUT2D eigenvalue weighted by molar-refractivity contribution is 0.112. The van der Waals surface area contributed by atoms with Crippen LogP contribution in [0.1, 0.15) is 23.2 Å². The Morgan fingerprint density at radius 2 is 2.09 bits per heavy atom. The topological polar surface area (TPSA) is 33.2 Å². The molecule has 1 heterocycles. The number of halogens is 1. The smallest absolute Gasteiger partial charge is 0.154 e. The van der Waals surface area contributed by atoms with Crippen LogP contribution < -0.4 is 4.90 Å². The van der Waals surface area contributed by atoms with Gasteiger partial charge in [0, 0.05) is 18.7 Å². The van der Waals surface area contributed by atoms with Gasteiger partial charge in [0.25, 0.3) is 0 Å². The molecule has 1 aliphatic rings. The average Bonchev–Trinajstić information content (AvgIpc) is 3.38. The fraction of sp³-hybridized carbons (Fsp3) is 0.294. The number of rotatable bonds is 5. The van der Waals surface area contributed by atoms with Crippen LogP contribution in [0, 0.1) is 5.82 Å². The fourth-order valence-electron chi connectivity index (χ4n) is 2.55. The molecule has 114 valence electrons. The first-order chi connectivity index (χ1) is 10.7. The Hall–Kier alpha value is -1.88. The molecule has 0 saturated heterocycles. The molecule has 5 heteroatoms. The number of carbonyl (C=O) groups is 1. The first-order valence-corrected chi connectivity index (χ1v) is 8.40. The lowest BCUT2D eigenvalue weighted by Gasteiger charge is -2.22.